The molecule has 0 saturated carbocycles. The van der Waals surface area contributed by atoms with Crippen LogP contribution in [0.1, 0.15) is 15.9 Å². The zero-order valence-corrected chi connectivity index (χ0v) is 14.1. The van der Waals surface area contributed by atoms with Crippen molar-refractivity contribution in [2.24, 2.45) is 0 Å². The van der Waals surface area contributed by atoms with Crippen LogP contribution in [0.25, 0.3) is 11.5 Å². The lowest BCUT2D eigenvalue weighted by molar-refractivity contribution is 0.101. The van der Waals surface area contributed by atoms with Gasteiger partial charge in [0.25, 0.3) is 5.91 Å². The summed E-state index contributed by atoms with van der Waals surface area (Å²) in [5.41, 5.74) is 2.00. The molecule has 2 aromatic heterocycles. The molecule has 1 aliphatic rings. The Morgan fingerprint density at radius 1 is 1.30 bits per heavy atom. The van der Waals surface area contributed by atoms with Gasteiger partial charge in [-0.25, -0.2) is 4.98 Å². The largest absolute Gasteiger partial charge is 0.371 e. The van der Waals surface area contributed by atoms with Crippen molar-refractivity contribution >= 4 is 34.3 Å². The number of amides is 1. The number of anilines is 1. The molecule has 0 fully saturated rings. The van der Waals surface area contributed by atoms with Crippen LogP contribution < -0.4 is 10.2 Å². The van der Waals surface area contributed by atoms with Crippen LogP contribution in [-0.4, -0.2) is 25.8 Å². The van der Waals surface area contributed by atoms with Crippen molar-refractivity contribution < 1.29 is 9.63 Å². The Labute approximate surface area is 144 Å². The number of nitrogens with zero attached hydrogens (tertiary/aromatic N) is 4. The molecule has 4 rings (SSSR count). The molecule has 3 aromatic rings. The Kier molecular flexibility index (Phi) is 3.26. The van der Waals surface area contributed by atoms with Crippen molar-refractivity contribution in [2.45, 2.75) is 6.92 Å². The number of aromatic nitrogens is 4. The molecule has 114 valence electrons. The number of hydrogen-bond acceptors (Lipinski definition) is 5. The molecular formula is C15H10IN5O2. The minimum atomic E-state index is -0.279. The third kappa shape index (κ3) is 2.44. The first-order valence-corrected chi connectivity index (χ1v) is 7.87. The third-order valence-electron chi connectivity index (χ3n) is 3.44. The molecule has 2 bridgehead atoms. The van der Waals surface area contributed by atoms with Crippen LogP contribution in [0.15, 0.2) is 36.7 Å². The summed E-state index contributed by atoms with van der Waals surface area (Å²) in [5.74, 6) is 1.07. The normalized spacial score (nSPS) is 12.7. The quantitative estimate of drug-likeness (QED) is 0.567. The van der Waals surface area contributed by atoms with E-state index in [1.165, 1.54) is 11.1 Å². The highest BCUT2D eigenvalue weighted by Crippen LogP contribution is 2.28. The Morgan fingerprint density at radius 2 is 2.17 bits per heavy atom. The summed E-state index contributed by atoms with van der Waals surface area (Å²) in [6.45, 7) is 1.96. The second kappa shape index (κ2) is 5.30. The predicted molar refractivity (Wildman–Crippen MR) is 91.1 cm³/mol. The smallest absolute Gasteiger partial charge is 0.260 e. The first-order valence-electron chi connectivity index (χ1n) is 6.79. The van der Waals surface area contributed by atoms with Gasteiger partial charge in [-0.3, -0.25) is 4.79 Å². The van der Waals surface area contributed by atoms with Gasteiger partial charge in [0.15, 0.2) is 12.1 Å². The summed E-state index contributed by atoms with van der Waals surface area (Å²) in [7, 11) is 0. The molecule has 1 aromatic carbocycles. The number of pyridine rings is 1. The maximum atomic E-state index is 12.6. The van der Waals surface area contributed by atoms with Crippen molar-refractivity contribution in [1.82, 2.24) is 19.9 Å². The van der Waals surface area contributed by atoms with Gasteiger partial charge in [0.05, 0.1) is 5.56 Å². The molecule has 7 nitrogen and oxygen atoms in total. The number of fused-ring (bicyclic) bond motifs is 5. The van der Waals surface area contributed by atoms with E-state index in [9.17, 15) is 4.79 Å². The Bertz CT molecular complexity index is 937. The van der Waals surface area contributed by atoms with Crippen LogP contribution in [0, 0.1) is 10.5 Å². The monoisotopic (exact) mass is 419 g/mol. The Balaban J connectivity index is 1.96. The molecule has 3 heterocycles. The summed E-state index contributed by atoms with van der Waals surface area (Å²) in [5, 5.41) is 10.7. The molecule has 1 amide bonds. The van der Waals surface area contributed by atoms with Crippen LogP contribution in [0.5, 0.6) is 5.75 Å². The average Bonchev–Trinajstić information content (AvgIpc) is 2.98. The molecule has 0 atom stereocenters. The molecule has 0 aliphatic carbocycles. The lowest BCUT2D eigenvalue weighted by Crippen LogP contribution is -2.18. The van der Waals surface area contributed by atoms with Gasteiger partial charge >= 0.3 is 0 Å². The van der Waals surface area contributed by atoms with Crippen molar-refractivity contribution in [1.29, 1.82) is 0 Å². The minimum Gasteiger partial charge on any atom is -0.371 e. The summed E-state index contributed by atoms with van der Waals surface area (Å²) >= 11 is 2.19. The third-order valence-corrected chi connectivity index (χ3v) is 4.60. The van der Waals surface area contributed by atoms with Crippen molar-refractivity contribution in [3.8, 4) is 17.3 Å². The second-order valence-electron chi connectivity index (χ2n) is 5.03. The number of aryl methyl sites for hydroxylation is 1. The summed E-state index contributed by atoms with van der Waals surface area (Å²) in [6, 6.07) is 8.91. The van der Waals surface area contributed by atoms with E-state index in [1.807, 2.05) is 13.0 Å². The summed E-state index contributed by atoms with van der Waals surface area (Å²) < 4.78 is 2.39. The summed E-state index contributed by atoms with van der Waals surface area (Å²) in [4.78, 5) is 22.8. The van der Waals surface area contributed by atoms with Crippen molar-refractivity contribution in [3.63, 3.8) is 0 Å². The fourth-order valence-electron chi connectivity index (χ4n) is 2.28. The van der Waals surface area contributed by atoms with E-state index in [0.29, 0.717) is 28.6 Å². The molecule has 8 heteroatoms. The number of hydrogen-bond donors (Lipinski definition) is 1. The number of rotatable bonds is 0. The zero-order valence-electron chi connectivity index (χ0n) is 11.9. The molecule has 1 aliphatic heterocycles. The molecule has 1 N–H and O–H groups in total. The highest BCUT2D eigenvalue weighted by Gasteiger charge is 2.21. The highest BCUT2D eigenvalue weighted by atomic mass is 127. The van der Waals surface area contributed by atoms with Crippen LogP contribution in [-0.2, 0) is 0 Å². The van der Waals surface area contributed by atoms with Gasteiger partial charge in [-0.15, -0.1) is 14.9 Å². The van der Waals surface area contributed by atoms with Gasteiger partial charge in [0.2, 0.25) is 5.82 Å². The van der Waals surface area contributed by atoms with E-state index in [0.717, 1.165) is 9.13 Å². The number of carbonyl (C=O) groups is 1. The SMILES string of the molecule is Cc1cc2c(cc1I)C(=O)Nc1cccc(n1)-c1nncn1O2. The number of carbonyl (C=O) groups excluding carboxylic acids is 1. The molecular weight excluding hydrogens is 409 g/mol. The van der Waals surface area contributed by atoms with Gasteiger partial charge in [0.1, 0.15) is 11.5 Å². The zero-order chi connectivity index (χ0) is 16.0. The fraction of sp³-hybridized carbons (Fsp3) is 0.0667. The van der Waals surface area contributed by atoms with Gasteiger partial charge in [0, 0.05) is 3.57 Å². The number of nitrogens with one attached hydrogen (secondary N) is 1. The maximum Gasteiger partial charge on any atom is 0.260 e. The standard InChI is InChI=1S/C15H10IN5O2/c1-8-5-12-9(6-10(8)16)15(22)19-13-4-2-3-11(18-13)14-20-17-7-21(14)23-12/h2-7H,1H3,(H,18,19,22). The summed E-state index contributed by atoms with van der Waals surface area (Å²) in [6.07, 6.45) is 1.44. The molecule has 23 heavy (non-hydrogen) atoms. The van der Waals surface area contributed by atoms with E-state index in [4.69, 9.17) is 4.84 Å². The first kappa shape index (κ1) is 14.1. The molecule has 0 unspecified atom stereocenters. The lowest BCUT2D eigenvalue weighted by Gasteiger charge is -2.16. The van der Waals surface area contributed by atoms with E-state index in [1.54, 1.807) is 24.3 Å². The van der Waals surface area contributed by atoms with Gasteiger partial charge in [-0.05, 0) is 59.3 Å². The van der Waals surface area contributed by atoms with Crippen LogP contribution in [0.2, 0.25) is 0 Å². The Hall–Kier alpha value is -2.49. The van der Waals surface area contributed by atoms with Crippen LogP contribution >= 0.6 is 22.6 Å². The van der Waals surface area contributed by atoms with Gasteiger partial charge in [-0.2, -0.15) is 0 Å². The molecule has 0 saturated heterocycles. The second-order valence-corrected chi connectivity index (χ2v) is 6.19. The van der Waals surface area contributed by atoms with E-state index >= 15 is 0 Å². The van der Waals surface area contributed by atoms with E-state index < -0.39 is 0 Å². The highest BCUT2D eigenvalue weighted by molar-refractivity contribution is 14.1. The Morgan fingerprint density at radius 3 is 3.04 bits per heavy atom. The maximum absolute atomic E-state index is 12.6. The van der Waals surface area contributed by atoms with Crippen molar-refractivity contribution in [2.75, 3.05) is 5.32 Å². The van der Waals surface area contributed by atoms with Gasteiger partial charge < -0.3 is 10.2 Å². The lowest BCUT2D eigenvalue weighted by atomic mass is 10.1. The van der Waals surface area contributed by atoms with Crippen LogP contribution in [0.3, 0.4) is 0 Å². The average molecular weight is 419 g/mol. The molecule has 0 spiro atoms. The van der Waals surface area contributed by atoms with Crippen molar-refractivity contribution in [3.05, 3.63) is 51.4 Å². The van der Waals surface area contributed by atoms with E-state index in [-0.39, 0.29) is 5.91 Å². The first-order chi connectivity index (χ1) is 11.1. The number of halogens is 1. The van der Waals surface area contributed by atoms with Crippen LogP contribution in [0.4, 0.5) is 5.82 Å². The topological polar surface area (TPSA) is 81.9 Å². The number of benzene rings is 1. The minimum absolute atomic E-state index is 0.279. The molecule has 0 radical (unpaired) electrons. The fourth-order valence-corrected chi connectivity index (χ4v) is 2.75. The van der Waals surface area contributed by atoms with E-state index in [2.05, 4.69) is 43.1 Å². The predicted octanol–water partition coefficient (Wildman–Crippen LogP) is 2.66. The van der Waals surface area contributed by atoms with Gasteiger partial charge in [-0.1, -0.05) is 6.07 Å².